The first-order valence-corrected chi connectivity index (χ1v) is 7.56. The van der Waals surface area contributed by atoms with Gasteiger partial charge in [0.15, 0.2) is 0 Å². The Balaban J connectivity index is 2.08. The van der Waals surface area contributed by atoms with Crippen molar-refractivity contribution in [3.63, 3.8) is 0 Å². The van der Waals surface area contributed by atoms with E-state index in [1.165, 1.54) is 5.56 Å². The molecule has 2 heterocycles. The molecule has 20 heavy (non-hydrogen) atoms. The van der Waals surface area contributed by atoms with Gasteiger partial charge in [0.25, 0.3) is 0 Å². The highest BCUT2D eigenvalue weighted by atomic mass is 16.5. The SMILES string of the molecule is Cc1nc(N2CC(C)OC(C)C2)ccc1CNC(C)C. The monoisotopic (exact) mass is 277 g/mol. The summed E-state index contributed by atoms with van der Waals surface area (Å²) in [7, 11) is 0. The maximum Gasteiger partial charge on any atom is 0.128 e. The van der Waals surface area contributed by atoms with Crippen LogP contribution in [0.5, 0.6) is 0 Å². The van der Waals surface area contributed by atoms with Crippen LogP contribution in [0.2, 0.25) is 0 Å². The quantitative estimate of drug-likeness (QED) is 0.917. The van der Waals surface area contributed by atoms with Crippen molar-refractivity contribution < 1.29 is 4.74 Å². The summed E-state index contributed by atoms with van der Waals surface area (Å²) in [6.45, 7) is 13.4. The summed E-state index contributed by atoms with van der Waals surface area (Å²) in [4.78, 5) is 7.10. The number of morpholine rings is 1. The highest BCUT2D eigenvalue weighted by Gasteiger charge is 2.23. The molecule has 0 aromatic carbocycles. The molecule has 0 bridgehead atoms. The Labute approximate surface area is 122 Å². The highest BCUT2D eigenvalue weighted by Crippen LogP contribution is 2.20. The van der Waals surface area contributed by atoms with Gasteiger partial charge in [0, 0.05) is 31.4 Å². The molecule has 0 saturated carbocycles. The van der Waals surface area contributed by atoms with Crippen molar-refractivity contribution in [2.24, 2.45) is 0 Å². The number of hydrogen-bond donors (Lipinski definition) is 1. The molecule has 4 nitrogen and oxygen atoms in total. The molecule has 0 aliphatic carbocycles. The molecule has 2 rings (SSSR count). The van der Waals surface area contributed by atoms with Gasteiger partial charge in [-0.25, -0.2) is 4.98 Å². The van der Waals surface area contributed by atoms with Gasteiger partial charge in [-0.15, -0.1) is 0 Å². The summed E-state index contributed by atoms with van der Waals surface area (Å²) in [5.74, 6) is 1.07. The van der Waals surface area contributed by atoms with E-state index >= 15 is 0 Å². The summed E-state index contributed by atoms with van der Waals surface area (Å²) in [6.07, 6.45) is 0.534. The second-order valence-corrected chi connectivity index (χ2v) is 6.11. The van der Waals surface area contributed by atoms with E-state index in [0.717, 1.165) is 31.1 Å². The Bertz CT molecular complexity index is 437. The van der Waals surface area contributed by atoms with Crippen molar-refractivity contribution in [3.05, 3.63) is 23.4 Å². The average Bonchev–Trinajstić information content (AvgIpc) is 2.35. The largest absolute Gasteiger partial charge is 0.372 e. The Kier molecular flexibility index (Phi) is 5.00. The third-order valence-electron chi connectivity index (χ3n) is 3.62. The topological polar surface area (TPSA) is 37.4 Å². The number of aryl methyl sites for hydroxylation is 1. The van der Waals surface area contributed by atoms with Gasteiger partial charge < -0.3 is 15.0 Å². The molecule has 4 heteroatoms. The lowest BCUT2D eigenvalue weighted by atomic mass is 10.1. The molecule has 1 aliphatic heterocycles. The van der Waals surface area contributed by atoms with Crippen LogP contribution in [0.25, 0.3) is 0 Å². The zero-order chi connectivity index (χ0) is 14.7. The van der Waals surface area contributed by atoms with Gasteiger partial charge in [-0.2, -0.15) is 0 Å². The smallest absolute Gasteiger partial charge is 0.128 e. The standard InChI is InChI=1S/C16H27N3O/c1-11(2)17-8-15-6-7-16(18-14(15)5)19-9-12(3)20-13(4)10-19/h6-7,11-13,17H,8-10H2,1-5H3. The van der Waals surface area contributed by atoms with Crippen molar-refractivity contribution in [3.8, 4) is 0 Å². The number of pyridine rings is 1. The molecule has 1 saturated heterocycles. The van der Waals surface area contributed by atoms with Crippen molar-refractivity contribution >= 4 is 5.82 Å². The van der Waals surface area contributed by atoms with Crippen LogP contribution in [-0.2, 0) is 11.3 Å². The van der Waals surface area contributed by atoms with Crippen LogP contribution >= 0.6 is 0 Å². The molecule has 0 radical (unpaired) electrons. The van der Waals surface area contributed by atoms with Gasteiger partial charge in [0.1, 0.15) is 5.82 Å². The van der Waals surface area contributed by atoms with Crippen LogP contribution in [0, 0.1) is 6.92 Å². The van der Waals surface area contributed by atoms with Gasteiger partial charge in [-0.3, -0.25) is 0 Å². The second-order valence-electron chi connectivity index (χ2n) is 6.11. The lowest BCUT2D eigenvalue weighted by Crippen LogP contribution is -2.45. The summed E-state index contributed by atoms with van der Waals surface area (Å²) >= 11 is 0. The van der Waals surface area contributed by atoms with Crippen LogP contribution in [0.1, 0.15) is 39.0 Å². The van der Waals surface area contributed by atoms with Gasteiger partial charge in [0.05, 0.1) is 12.2 Å². The fourth-order valence-electron chi connectivity index (χ4n) is 2.62. The molecule has 1 fully saturated rings. The zero-order valence-corrected chi connectivity index (χ0v) is 13.3. The zero-order valence-electron chi connectivity index (χ0n) is 13.3. The molecule has 0 spiro atoms. The highest BCUT2D eigenvalue weighted by molar-refractivity contribution is 5.42. The fraction of sp³-hybridized carbons (Fsp3) is 0.688. The minimum absolute atomic E-state index is 0.267. The average molecular weight is 277 g/mol. The predicted octanol–water partition coefficient (Wildman–Crippen LogP) is 2.50. The molecule has 2 unspecified atom stereocenters. The molecule has 1 N–H and O–H groups in total. The number of anilines is 1. The molecular weight excluding hydrogens is 250 g/mol. The first-order chi connectivity index (χ1) is 9.45. The molecule has 1 aromatic heterocycles. The van der Waals surface area contributed by atoms with E-state index in [2.05, 4.69) is 57.0 Å². The number of aromatic nitrogens is 1. The van der Waals surface area contributed by atoms with E-state index in [-0.39, 0.29) is 12.2 Å². The van der Waals surface area contributed by atoms with E-state index in [1.807, 2.05) is 0 Å². The Morgan fingerprint density at radius 2 is 1.95 bits per heavy atom. The van der Waals surface area contributed by atoms with E-state index in [1.54, 1.807) is 0 Å². The molecule has 1 aromatic rings. The Hall–Kier alpha value is -1.13. The number of ether oxygens (including phenoxy) is 1. The predicted molar refractivity (Wildman–Crippen MR) is 83.2 cm³/mol. The fourth-order valence-corrected chi connectivity index (χ4v) is 2.62. The van der Waals surface area contributed by atoms with E-state index in [0.29, 0.717) is 6.04 Å². The van der Waals surface area contributed by atoms with Crippen molar-refractivity contribution in [1.82, 2.24) is 10.3 Å². The van der Waals surface area contributed by atoms with Crippen molar-refractivity contribution in [2.45, 2.75) is 59.4 Å². The van der Waals surface area contributed by atoms with E-state index < -0.39 is 0 Å². The minimum atomic E-state index is 0.267. The van der Waals surface area contributed by atoms with Crippen molar-refractivity contribution in [2.75, 3.05) is 18.0 Å². The minimum Gasteiger partial charge on any atom is -0.372 e. The third-order valence-corrected chi connectivity index (χ3v) is 3.62. The maximum absolute atomic E-state index is 5.78. The van der Waals surface area contributed by atoms with E-state index in [9.17, 15) is 0 Å². The number of nitrogens with zero attached hydrogens (tertiary/aromatic N) is 2. The summed E-state index contributed by atoms with van der Waals surface area (Å²) < 4.78 is 5.78. The normalized spacial score (nSPS) is 23.4. The molecule has 0 amide bonds. The van der Waals surface area contributed by atoms with Gasteiger partial charge in [-0.1, -0.05) is 19.9 Å². The van der Waals surface area contributed by atoms with Crippen molar-refractivity contribution in [1.29, 1.82) is 0 Å². The summed E-state index contributed by atoms with van der Waals surface area (Å²) in [6, 6.07) is 4.82. The van der Waals surface area contributed by atoms with Gasteiger partial charge in [-0.05, 0) is 32.4 Å². The summed E-state index contributed by atoms with van der Waals surface area (Å²) in [5, 5.41) is 3.44. The van der Waals surface area contributed by atoms with Gasteiger partial charge in [0.2, 0.25) is 0 Å². The van der Waals surface area contributed by atoms with Crippen LogP contribution < -0.4 is 10.2 Å². The van der Waals surface area contributed by atoms with E-state index in [4.69, 9.17) is 9.72 Å². The maximum atomic E-state index is 5.78. The molecule has 2 atom stereocenters. The second kappa shape index (κ2) is 6.55. The van der Waals surface area contributed by atoms with Gasteiger partial charge >= 0.3 is 0 Å². The van der Waals surface area contributed by atoms with Crippen LogP contribution in [0.4, 0.5) is 5.82 Å². The summed E-state index contributed by atoms with van der Waals surface area (Å²) in [5.41, 5.74) is 2.39. The first kappa shape index (κ1) is 15.3. The number of nitrogens with one attached hydrogen (secondary N) is 1. The van der Waals surface area contributed by atoms with Crippen LogP contribution in [-0.4, -0.2) is 36.3 Å². The molecular formula is C16H27N3O. The lowest BCUT2D eigenvalue weighted by Gasteiger charge is -2.36. The number of rotatable bonds is 4. The van der Waals surface area contributed by atoms with Crippen LogP contribution in [0.3, 0.4) is 0 Å². The van der Waals surface area contributed by atoms with Crippen LogP contribution in [0.15, 0.2) is 12.1 Å². The molecule has 1 aliphatic rings. The molecule has 112 valence electrons. The third kappa shape index (κ3) is 3.93. The Morgan fingerprint density at radius 3 is 2.50 bits per heavy atom. The first-order valence-electron chi connectivity index (χ1n) is 7.56. The number of hydrogen-bond acceptors (Lipinski definition) is 4. The Morgan fingerprint density at radius 1 is 1.30 bits per heavy atom. The lowest BCUT2D eigenvalue weighted by molar-refractivity contribution is -0.00546.